The van der Waals surface area contributed by atoms with E-state index in [0.717, 1.165) is 32.3 Å². The highest BCUT2D eigenvalue weighted by Crippen LogP contribution is 2.34. The van der Waals surface area contributed by atoms with Crippen molar-refractivity contribution in [3.8, 4) is 22.3 Å². The molecule has 218 valence electrons. The molecule has 4 nitrogen and oxygen atoms in total. The molecule has 0 aliphatic carbocycles. The van der Waals surface area contributed by atoms with Crippen LogP contribution in [0.25, 0.3) is 65.7 Å². The van der Waals surface area contributed by atoms with Crippen LogP contribution in [-0.2, 0) is 10.8 Å². The van der Waals surface area contributed by atoms with E-state index >= 15 is 0 Å². The van der Waals surface area contributed by atoms with Crippen molar-refractivity contribution in [2.24, 2.45) is 0 Å². The molecule has 44 heavy (non-hydrogen) atoms. The van der Waals surface area contributed by atoms with Crippen LogP contribution in [0.3, 0.4) is 0 Å². The lowest BCUT2D eigenvalue weighted by Gasteiger charge is -2.19. The normalized spacial score (nSPS) is 12.5. The molecule has 0 aliphatic heterocycles. The van der Waals surface area contributed by atoms with Crippen LogP contribution in [0, 0.1) is 0 Å². The summed E-state index contributed by atoms with van der Waals surface area (Å²) >= 11 is 0. The Balaban J connectivity index is 1.37. The van der Waals surface area contributed by atoms with Gasteiger partial charge in [0.15, 0.2) is 0 Å². The second-order valence-electron chi connectivity index (χ2n) is 13.8. The Hall–Kier alpha value is -4.96. The Morgan fingerprint density at radius 3 is 1.30 bits per heavy atom. The zero-order valence-corrected chi connectivity index (χ0v) is 25.9. The quantitative estimate of drug-likeness (QED) is 0.151. The summed E-state index contributed by atoms with van der Waals surface area (Å²) in [4.78, 5) is 26.5. The van der Waals surface area contributed by atoms with Crippen molar-refractivity contribution in [1.82, 2.24) is 0 Å². The van der Waals surface area contributed by atoms with Crippen LogP contribution in [0.5, 0.6) is 0 Å². The Kier molecular flexibility index (Phi) is 6.19. The molecule has 0 radical (unpaired) electrons. The first-order valence-corrected chi connectivity index (χ1v) is 15.0. The van der Waals surface area contributed by atoms with Crippen LogP contribution in [0.4, 0.5) is 0 Å². The molecular weight excluding hydrogens is 544 g/mol. The van der Waals surface area contributed by atoms with Gasteiger partial charge in [0.1, 0.15) is 11.2 Å². The average Bonchev–Trinajstić information content (AvgIpc) is 2.98. The van der Waals surface area contributed by atoms with Crippen molar-refractivity contribution in [2.45, 2.75) is 52.4 Å². The smallest absolute Gasteiger partial charge is 0.344 e. The van der Waals surface area contributed by atoms with E-state index in [0.29, 0.717) is 33.4 Å². The maximum atomic E-state index is 13.2. The predicted octanol–water partition coefficient (Wildman–Crippen LogP) is 10.1. The first kappa shape index (κ1) is 27.8. The van der Waals surface area contributed by atoms with E-state index in [-0.39, 0.29) is 10.8 Å². The van der Waals surface area contributed by atoms with Crippen molar-refractivity contribution >= 4 is 43.5 Å². The number of hydrogen-bond donors (Lipinski definition) is 0. The molecule has 0 saturated carbocycles. The van der Waals surface area contributed by atoms with Crippen LogP contribution in [-0.4, -0.2) is 0 Å². The first-order chi connectivity index (χ1) is 20.9. The third-order valence-corrected chi connectivity index (χ3v) is 8.68. The van der Waals surface area contributed by atoms with Gasteiger partial charge in [0.25, 0.3) is 0 Å². The minimum absolute atomic E-state index is 0.0229. The fourth-order valence-corrected chi connectivity index (χ4v) is 6.05. The largest absolute Gasteiger partial charge is 0.422 e. The van der Waals surface area contributed by atoms with Crippen molar-refractivity contribution in [3.63, 3.8) is 0 Å². The summed E-state index contributed by atoms with van der Waals surface area (Å²) in [5.41, 5.74) is 5.00. The van der Waals surface area contributed by atoms with Gasteiger partial charge >= 0.3 is 11.3 Å². The monoisotopic (exact) mass is 578 g/mol. The maximum absolute atomic E-state index is 13.2. The summed E-state index contributed by atoms with van der Waals surface area (Å²) in [6, 6.07) is 31.9. The summed E-state index contributed by atoms with van der Waals surface area (Å²) in [7, 11) is 0. The van der Waals surface area contributed by atoms with Gasteiger partial charge in [-0.2, -0.15) is 0 Å². The third kappa shape index (κ3) is 4.71. The number of rotatable bonds is 2. The number of hydrogen-bond acceptors (Lipinski definition) is 4. The van der Waals surface area contributed by atoms with Crippen LogP contribution in [0.2, 0.25) is 0 Å². The minimum Gasteiger partial charge on any atom is -0.422 e. The molecule has 0 atom stereocenters. The summed E-state index contributed by atoms with van der Waals surface area (Å²) in [5, 5.41) is 5.97. The molecule has 2 heterocycles. The molecule has 5 aromatic carbocycles. The topological polar surface area (TPSA) is 60.4 Å². The molecule has 2 aromatic heterocycles. The van der Waals surface area contributed by atoms with Gasteiger partial charge in [0.05, 0.1) is 11.1 Å². The fraction of sp³-hybridized carbons (Fsp3) is 0.200. The van der Waals surface area contributed by atoms with E-state index in [9.17, 15) is 9.59 Å². The van der Waals surface area contributed by atoms with Crippen LogP contribution >= 0.6 is 0 Å². The van der Waals surface area contributed by atoms with Gasteiger partial charge in [0, 0.05) is 10.8 Å². The van der Waals surface area contributed by atoms with Gasteiger partial charge in [-0.15, -0.1) is 0 Å². The molecule has 0 fully saturated rings. The number of fused-ring (bicyclic) bond motifs is 6. The van der Waals surface area contributed by atoms with E-state index in [1.807, 2.05) is 60.7 Å². The van der Waals surface area contributed by atoms with Crippen LogP contribution < -0.4 is 11.3 Å². The lowest BCUT2D eigenvalue weighted by molar-refractivity contribution is 0.564. The molecule has 0 aliphatic rings. The van der Waals surface area contributed by atoms with Crippen molar-refractivity contribution < 1.29 is 8.83 Å². The lowest BCUT2D eigenvalue weighted by Crippen LogP contribution is -2.10. The van der Waals surface area contributed by atoms with Crippen LogP contribution in [0.1, 0.15) is 52.7 Å². The van der Waals surface area contributed by atoms with Gasteiger partial charge in [-0.1, -0.05) is 108 Å². The summed E-state index contributed by atoms with van der Waals surface area (Å²) in [6.07, 6.45) is 0. The Bertz CT molecular complexity index is 2230. The predicted molar refractivity (Wildman–Crippen MR) is 182 cm³/mol. The van der Waals surface area contributed by atoms with E-state index in [1.54, 1.807) is 0 Å². The van der Waals surface area contributed by atoms with Crippen molar-refractivity contribution in [3.05, 3.63) is 129 Å². The van der Waals surface area contributed by atoms with E-state index < -0.39 is 11.3 Å². The summed E-state index contributed by atoms with van der Waals surface area (Å²) in [6.45, 7) is 13.2. The highest BCUT2D eigenvalue weighted by atomic mass is 16.4. The van der Waals surface area contributed by atoms with Gasteiger partial charge in [-0.25, -0.2) is 9.59 Å². The zero-order valence-electron chi connectivity index (χ0n) is 25.9. The van der Waals surface area contributed by atoms with Gasteiger partial charge in [0.2, 0.25) is 0 Å². The second-order valence-corrected chi connectivity index (χ2v) is 13.8. The van der Waals surface area contributed by atoms with E-state index in [4.69, 9.17) is 8.83 Å². The van der Waals surface area contributed by atoms with E-state index in [2.05, 4.69) is 77.9 Å². The first-order valence-electron chi connectivity index (χ1n) is 15.0. The molecule has 0 saturated heterocycles. The van der Waals surface area contributed by atoms with Crippen molar-refractivity contribution in [2.75, 3.05) is 0 Å². The van der Waals surface area contributed by atoms with Crippen molar-refractivity contribution in [1.29, 1.82) is 0 Å². The molecule has 7 aromatic rings. The fourth-order valence-electron chi connectivity index (χ4n) is 6.05. The van der Waals surface area contributed by atoms with Gasteiger partial charge in [-0.05, 0) is 85.0 Å². The summed E-state index contributed by atoms with van der Waals surface area (Å²) < 4.78 is 11.7. The van der Waals surface area contributed by atoms with E-state index in [1.165, 1.54) is 11.1 Å². The standard InChI is InChI=1S/C40H34O4/c1-39(2,3)27-12-14-29-25(19-27)10-16-35-33(29)21-31(37(41)43-35)23-8-7-9-24(18-23)32-22-34-30-15-13-28(40(4,5)6)20-26(30)11-17-36(34)44-38(32)42/h7-22H,1-6H3. The molecular formula is C40H34O4. The minimum atomic E-state index is -0.425. The lowest BCUT2D eigenvalue weighted by atomic mass is 9.85. The second kappa shape index (κ2) is 9.78. The SMILES string of the molecule is CC(C)(C)c1ccc2c(ccc3oc(=O)c(-c4cccc(-c5cc6c(ccc7cc(C(C)(C)C)ccc76)oc5=O)c4)cc32)c1. The molecule has 0 unspecified atom stereocenters. The molecule has 7 rings (SSSR count). The average molecular weight is 579 g/mol. The molecule has 0 bridgehead atoms. The molecule has 0 spiro atoms. The van der Waals surface area contributed by atoms with Crippen LogP contribution in [0.15, 0.2) is 115 Å². The molecule has 0 amide bonds. The third-order valence-electron chi connectivity index (χ3n) is 8.68. The zero-order chi connectivity index (χ0) is 31.0. The maximum Gasteiger partial charge on any atom is 0.344 e. The Labute approximate surface area is 255 Å². The Morgan fingerprint density at radius 1 is 0.455 bits per heavy atom. The molecule has 0 N–H and O–H groups in total. The van der Waals surface area contributed by atoms with Gasteiger partial charge in [-0.3, -0.25) is 0 Å². The molecule has 4 heteroatoms. The number of benzene rings is 5. The Morgan fingerprint density at radius 2 is 0.886 bits per heavy atom. The summed E-state index contributed by atoms with van der Waals surface area (Å²) in [5.74, 6) is 0. The van der Waals surface area contributed by atoms with Gasteiger partial charge < -0.3 is 8.83 Å². The highest BCUT2D eigenvalue weighted by Gasteiger charge is 2.18. The highest BCUT2D eigenvalue weighted by molar-refractivity contribution is 6.08.